The van der Waals surface area contributed by atoms with Crippen LogP contribution in [0.1, 0.15) is 25.6 Å². The minimum absolute atomic E-state index is 0.770. The first-order valence-electron chi connectivity index (χ1n) is 6.31. The van der Waals surface area contributed by atoms with Crippen LogP contribution in [-0.4, -0.2) is 46.1 Å². The van der Waals surface area contributed by atoms with Gasteiger partial charge in [-0.3, -0.25) is 0 Å². The van der Waals surface area contributed by atoms with E-state index in [0.29, 0.717) is 0 Å². The highest BCUT2D eigenvalue weighted by Crippen LogP contribution is 2.10. The number of hydrogen-bond donors (Lipinski definition) is 0. The van der Waals surface area contributed by atoms with Gasteiger partial charge in [0, 0.05) is 31.1 Å². The molecule has 0 fully saturated rings. The molecule has 1 aromatic rings. The SMILES string of the molecule is CSC(C)CCN(C)CCCc1nccn1C. The highest BCUT2D eigenvalue weighted by Gasteiger charge is 2.04. The maximum Gasteiger partial charge on any atom is 0.108 e. The van der Waals surface area contributed by atoms with Crippen molar-refractivity contribution in [3.8, 4) is 0 Å². The Morgan fingerprint density at radius 1 is 1.47 bits per heavy atom. The van der Waals surface area contributed by atoms with E-state index in [9.17, 15) is 0 Å². The molecule has 0 aromatic carbocycles. The van der Waals surface area contributed by atoms with Gasteiger partial charge in [0.2, 0.25) is 0 Å². The molecule has 0 aliphatic heterocycles. The second-order valence-corrected chi connectivity index (χ2v) is 5.97. The van der Waals surface area contributed by atoms with Crippen LogP contribution in [0, 0.1) is 0 Å². The van der Waals surface area contributed by atoms with Gasteiger partial charge in [-0.1, -0.05) is 6.92 Å². The van der Waals surface area contributed by atoms with Gasteiger partial charge in [0.05, 0.1) is 0 Å². The minimum atomic E-state index is 0.770. The predicted octanol–water partition coefficient (Wildman–Crippen LogP) is 2.43. The molecular weight excluding hydrogens is 230 g/mol. The van der Waals surface area contributed by atoms with E-state index in [4.69, 9.17) is 0 Å². The lowest BCUT2D eigenvalue weighted by Crippen LogP contribution is -2.23. The summed E-state index contributed by atoms with van der Waals surface area (Å²) in [4.78, 5) is 6.77. The average Bonchev–Trinajstić information content (AvgIpc) is 2.72. The van der Waals surface area contributed by atoms with Crippen molar-refractivity contribution in [2.75, 3.05) is 26.4 Å². The molecule has 0 radical (unpaired) electrons. The van der Waals surface area contributed by atoms with Crippen LogP contribution >= 0.6 is 11.8 Å². The van der Waals surface area contributed by atoms with Crippen molar-refractivity contribution in [1.82, 2.24) is 14.5 Å². The quantitative estimate of drug-likeness (QED) is 0.712. The van der Waals surface area contributed by atoms with Crippen LogP contribution in [-0.2, 0) is 13.5 Å². The van der Waals surface area contributed by atoms with Gasteiger partial charge in [0.15, 0.2) is 0 Å². The van der Waals surface area contributed by atoms with Gasteiger partial charge in [-0.15, -0.1) is 0 Å². The summed E-state index contributed by atoms with van der Waals surface area (Å²) in [6.07, 6.45) is 9.62. The first-order chi connectivity index (χ1) is 8.13. The second-order valence-electron chi connectivity index (χ2n) is 4.70. The zero-order valence-corrected chi connectivity index (χ0v) is 12.3. The Morgan fingerprint density at radius 2 is 2.24 bits per heavy atom. The molecule has 4 heteroatoms. The summed E-state index contributed by atoms with van der Waals surface area (Å²) in [7, 11) is 4.28. The van der Waals surface area contributed by atoms with Gasteiger partial charge in [-0.05, 0) is 39.2 Å². The van der Waals surface area contributed by atoms with E-state index in [1.807, 2.05) is 24.2 Å². The monoisotopic (exact) mass is 255 g/mol. The fraction of sp³-hybridized carbons (Fsp3) is 0.769. The standard InChI is InChI=1S/C13H25N3S/c1-12(17-4)7-10-15(2)9-5-6-13-14-8-11-16(13)3/h8,11-12H,5-7,9-10H2,1-4H3. The van der Waals surface area contributed by atoms with Gasteiger partial charge >= 0.3 is 0 Å². The molecule has 3 nitrogen and oxygen atoms in total. The average molecular weight is 255 g/mol. The number of imidazole rings is 1. The summed E-state index contributed by atoms with van der Waals surface area (Å²) >= 11 is 1.95. The Morgan fingerprint density at radius 3 is 2.82 bits per heavy atom. The number of hydrogen-bond acceptors (Lipinski definition) is 3. The normalized spacial score (nSPS) is 13.2. The smallest absolute Gasteiger partial charge is 0.108 e. The number of nitrogens with zero attached hydrogens (tertiary/aromatic N) is 3. The molecule has 17 heavy (non-hydrogen) atoms. The van der Waals surface area contributed by atoms with Crippen molar-refractivity contribution in [1.29, 1.82) is 0 Å². The Bertz CT molecular complexity index is 311. The summed E-state index contributed by atoms with van der Waals surface area (Å²) < 4.78 is 2.11. The molecule has 98 valence electrons. The summed E-state index contributed by atoms with van der Waals surface area (Å²) in [5.41, 5.74) is 0. The molecule has 1 aromatic heterocycles. The summed E-state index contributed by atoms with van der Waals surface area (Å²) in [6.45, 7) is 4.66. The van der Waals surface area contributed by atoms with Crippen molar-refractivity contribution in [2.24, 2.45) is 7.05 Å². The van der Waals surface area contributed by atoms with E-state index in [1.165, 1.54) is 25.2 Å². The van der Waals surface area contributed by atoms with Crippen molar-refractivity contribution in [2.45, 2.75) is 31.4 Å². The van der Waals surface area contributed by atoms with E-state index < -0.39 is 0 Å². The molecule has 0 amide bonds. The predicted molar refractivity (Wildman–Crippen MR) is 76.6 cm³/mol. The van der Waals surface area contributed by atoms with Crippen molar-refractivity contribution in [3.63, 3.8) is 0 Å². The summed E-state index contributed by atoms with van der Waals surface area (Å²) in [5.74, 6) is 1.19. The van der Waals surface area contributed by atoms with E-state index >= 15 is 0 Å². The van der Waals surface area contributed by atoms with E-state index in [-0.39, 0.29) is 0 Å². The third kappa shape index (κ3) is 5.59. The van der Waals surface area contributed by atoms with Crippen LogP contribution in [0.5, 0.6) is 0 Å². The second kappa shape index (κ2) is 7.77. The Hall–Kier alpha value is -0.480. The van der Waals surface area contributed by atoms with Gasteiger partial charge in [-0.2, -0.15) is 11.8 Å². The maximum absolute atomic E-state index is 4.34. The molecule has 0 aliphatic carbocycles. The molecule has 0 saturated heterocycles. The largest absolute Gasteiger partial charge is 0.338 e. The van der Waals surface area contributed by atoms with Crippen LogP contribution < -0.4 is 0 Å². The van der Waals surface area contributed by atoms with Crippen molar-refractivity contribution >= 4 is 11.8 Å². The maximum atomic E-state index is 4.34. The molecule has 0 spiro atoms. The summed E-state index contributed by atoms with van der Waals surface area (Å²) in [6, 6.07) is 0. The van der Waals surface area contributed by atoms with Crippen LogP contribution in [0.4, 0.5) is 0 Å². The first-order valence-corrected chi connectivity index (χ1v) is 7.59. The Labute approximate surface area is 110 Å². The van der Waals surface area contributed by atoms with Gasteiger partial charge in [0.1, 0.15) is 5.82 Å². The van der Waals surface area contributed by atoms with E-state index in [2.05, 4.69) is 41.7 Å². The fourth-order valence-electron chi connectivity index (χ4n) is 1.78. The Balaban J connectivity index is 2.12. The molecule has 0 bridgehead atoms. The molecular formula is C13H25N3S. The number of thioether (sulfide) groups is 1. The molecule has 0 saturated carbocycles. The summed E-state index contributed by atoms with van der Waals surface area (Å²) in [5, 5.41) is 0.770. The molecule has 1 rings (SSSR count). The molecule has 0 N–H and O–H groups in total. The lowest BCUT2D eigenvalue weighted by Gasteiger charge is -2.18. The molecule has 0 aliphatic rings. The van der Waals surface area contributed by atoms with Crippen LogP contribution in [0.3, 0.4) is 0 Å². The van der Waals surface area contributed by atoms with Gasteiger partial charge < -0.3 is 9.47 Å². The van der Waals surface area contributed by atoms with Crippen LogP contribution in [0.2, 0.25) is 0 Å². The third-order valence-corrected chi connectivity index (χ3v) is 4.22. The van der Waals surface area contributed by atoms with Crippen molar-refractivity contribution < 1.29 is 0 Å². The molecule has 1 atom stereocenters. The number of rotatable bonds is 8. The zero-order chi connectivity index (χ0) is 12.7. The Kier molecular flexibility index (Phi) is 6.66. The topological polar surface area (TPSA) is 21.1 Å². The van der Waals surface area contributed by atoms with Gasteiger partial charge in [0.25, 0.3) is 0 Å². The van der Waals surface area contributed by atoms with E-state index in [0.717, 1.165) is 18.2 Å². The van der Waals surface area contributed by atoms with Crippen molar-refractivity contribution in [3.05, 3.63) is 18.2 Å². The highest BCUT2D eigenvalue weighted by atomic mass is 32.2. The highest BCUT2D eigenvalue weighted by molar-refractivity contribution is 7.99. The minimum Gasteiger partial charge on any atom is -0.338 e. The van der Waals surface area contributed by atoms with Gasteiger partial charge in [-0.25, -0.2) is 4.98 Å². The third-order valence-electron chi connectivity index (χ3n) is 3.18. The molecule has 1 heterocycles. The first kappa shape index (κ1) is 14.6. The fourth-order valence-corrected chi connectivity index (χ4v) is 2.12. The zero-order valence-electron chi connectivity index (χ0n) is 11.5. The van der Waals surface area contributed by atoms with Crippen LogP contribution in [0.15, 0.2) is 12.4 Å². The molecule has 1 unspecified atom stereocenters. The van der Waals surface area contributed by atoms with Crippen LogP contribution in [0.25, 0.3) is 0 Å². The number of aromatic nitrogens is 2. The number of aryl methyl sites for hydroxylation is 2. The lowest BCUT2D eigenvalue weighted by atomic mass is 10.2. The van der Waals surface area contributed by atoms with E-state index in [1.54, 1.807) is 0 Å². The lowest BCUT2D eigenvalue weighted by molar-refractivity contribution is 0.324.